The zero-order valence-corrected chi connectivity index (χ0v) is 13.7. The van der Waals surface area contributed by atoms with Crippen LogP contribution >= 0.6 is 39.1 Å². The van der Waals surface area contributed by atoms with Crippen molar-refractivity contribution in [2.75, 3.05) is 5.32 Å². The summed E-state index contributed by atoms with van der Waals surface area (Å²) in [5.41, 5.74) is 1.92. The quantitative estimate of drug-likeness (QED) is 0.603. The standard InChI is InChI=1S/C15H9BrCl2N2O/c16-10-6-11(17)14(12(18)7-10)20-15(21)9-1-2-13-8(5-9)3-4-19-13/h1-7,19H,(H,20,21). The molecule has 3 rings (SSSR count). The molecular weight excluding hydrogens is 375 g/mol. The molecule has 2 N–H and O–H groups in total. The molecule has 3 nitrogen and oxygen atoms in total. The van der Waals surface area contributed by atoms with Gasteiger partial charge in [0, 0.05) is 27.1 Å². The van der Waals surface area contributed by atoms with Crippen molar-refractivity contribution in [2.24, 2.45) is 0 Å². The van der Waals surface area contributed by atoms with Crippen molar-refractivity contribution >= 4 is 61.6 Å². The minimum atomic E-state index is -0.260. The van der Waals surface area contributed by atoms with E-state index in [1.54, 1.807) is 18.2 Å². The van der Waals surface area contributed by atoms with E-state index in [-0.39, 0.29) is 5.91 Å². The number of aromatic amines is 1. The van der Waals surface area contributed by atoms with Crippen LogP contribution in [0.25, 0.3) is 10.9 Å². The van der Waals surface area contributed by atoms with Crippen LogP contribution in [0.3, 0.4) is 0 Å². The number of nitrogens with one attached hydrogen (secondary N) is 2. The lowest BCUT2D eigenvalue weighted by Gasteiger charge is -2.10. The molecule has 0 spiro atoms. The lowest BCUT2D eigenvalue weighted by molar-refractivity contribution is 0.102. The third-order valence-corrected chi connectivity index (χ3v) is 4.11. The van der Waals surface area contributed by atoms with Crippen molar-refractivity contribution < 1.29 is 4.79 Å². The summed E-state index contributed by atoms with van der Waals surface area (Å²) in [4.78, 5) is 15.4. The number of H-pyrrole nitrogens is 1. The molecule has 0 radical (unpaired) electrons. The van der Waals surface area contributed by atoms with Crippen LogP contribution in [0.2, 0.25) is 10.0 Å². The van der Waals surface area contributed by atoms with E-state index >= 15 is 0 Å². The minimum Gasteiger partial charge on any atom is -0.361 e. The first kappa shape index (κ1) is 14.4. The van der Waals surface area contributed by atoms with Crippen molar-refractivity contribution in [3.63, 3.8) is 0 Å². The Labute approximate surface area is 139 Å². The van der Waals surface area contributed by atoms with Gasteiger partial charge >= 0.3 is 0 Å². The first-order chi connectivity index (χ1) is 10.0. The molecule has 0 aliphatic carbocycles. The van der Waals surface area contributed by atoms with Crippen LogP contribution in [0, 0.1) is 0 Å². The number of hydrogen-bond acceptors (Lipinski definition) is 1. The van der Waals surface area contributed by atoms with E-state index in [2.05, 4.69) is 26.2 Å². The number of anilines is 1. The summed E-state index contributed by atoms with van der Waals surface area (Å²) in [6, 6.07) is 10.7. The van der Waals surface area contributed by atoms with Crippen LogP contribution in [-0.4, -0.2) is 10.9 Å². The van der Waals surface area contributed by atoms with Crippen LogP contribution in [-0.2, 0) is 0 Å². The molecule has 1 amide bonds. The molecule has 0 bridgehead atoms. The van der Waals surface area contributed by atoms with Crippen LogP contribution in [0.4, 0.5) is 5.69 Å². The summed E-state index contributed by atoms with van der Waals surface area (Å²) >= 11 is 15.5. The summed E-state index contributed by atoms with van der Waals surface area (Å²) in [7, 11) is 0. The fourth-order valence-electron chi connectivity index (χ4n) is 2.04. The Bertz CT molecular complexity index is 822. The first-order valence-electron chi connectivity index (χ1n) is 6.07. The maximum Gasteiger partial charge on any atom is 0.255 e. The molecule has 6 heteroatoms. The van der Waals surface area contributed by atoms with Gasteiger partial charge in [-0.25, -0.2) is 0 Å². The average molecular weight is 384 g/mol. The van der Waals surface area contributed by atoms with Gasteiger partial charge in [-0.15, -0.1) is 0 Å². The van der Waals surface area contributed by atoms with E-state index in [1.807, 2.05) is 24.4 Å². The third-order valence-electron chi connectivity index (χ3n) is 3.06. The fraction of sp³-hybridized carbons (Fsp3) is 0. The van der Waals surface area contributed by atoms with E-state index in [1.165, 1.54) is 0 Å². The number of aromatic nitrogens is 1. The Kier molecular flexibility index (Phi) is 3.93. The molecule has 0 saturated heterocycles. The third kappa shape index (κ3) is 2.93. The van der Waals surface area contributed by atoms with Gasteiger partial charge in [-0.05, 0) is 36.4 Å². The lowest BCUT2D eigenvalue weighted by Crippen LogP contribution is -2.12. The Morgan fingerprint density at radius 1 is 1.10 bits per heavy atom. The fourth-order valence-corrected chi connectivity index (χ4v) is 3.34. The number of rotatable bonds is 2. The summed E-state index contributed by atoms with van der Waals surface area (Å²) in [6.07, 6.45) is 1.83. The molecule has 0 atom stereocenters. The lowest BCUT2D eigenvalue weighted by atomic mass is 10.1. The van der Waals surface area contributed by atoms with Crippen molar-refractivity contribution in [1.82, 2.24) is 4.98 Å². The molecule has 0 aliphatic heterocycles. The van der Waals surface area contributed by atoms with Crippen molar-refractivity contribution in [1.29, 1.82) is 0 Å². The molecule has 3 aromatic rings. The second kappa shape index (κ2) is 5.72. The second-order valence-corrected chi connectivity index (χ2v) is 6.21. The van der Waals surface area contributed by atoms with Crippen LogP contribution in [0.1, 0.15) is 10.4 Å². The predicted molar refractivity (Wildman–Crippen MR) is 90.4 cm³/mol. The molecular formula is C15H9BrCl2N2O. The highest BCUT2D eigenvalue weighted by Gasteiger charge is 2.13. The molecule has 2 aromatic carbocycles. The summed E-state index contributed by atoms with van der Waals surface area (Å²) < 4.78 is 0.754. The number of carbonyl (C=O) groups excluding carboxylic acids is 1. The Balaban J connectivity index is 1.92. The Morgan fingerprint density at radius 3 is 2.52 bits per heavy atom. The molecule has 106 valence electrons. The Morgan fingerprint density at radius 2 is 1.81 bits per heavy atom. The number of carbonyl (C=O) groups is 1. The van der Waals surface area contributed by atoms with Gasteiger partial charge in [0.2, 0.25) is 0 Å². The first-order valence-corrected chi connectivity index (χ1v) is 7.62. The zero-order chi connectivity index (χ0) is 15.0. The zero-order valence-electron chi connectivity index (χ0n) is 10.6. The van der Waals surface area contributed by atoms with Gasteiger partial charge in [-0.3, -0.25) is 4.79 Å². The van der Waals surface area contributed by atoms with Crippen molar-refractivity contribution in [3.8, 4) is 0 Å². The number of fused-ring (bicyclic) bond motifs is 1. The maximum atomic E-state index is 12.3. The van der Waals surface area contributed by atoms with E-state index < -0.39 is 0 Å². The summed E-state index contributed by atoms with van der Waals surface area (Å²) in [5, 5.41) is 4.47. The van der Waals surface area contributed by atoms with Gasteiger partial charge in [-0.2, -0.15) is 0 Å². The summed E-state index contributed by atoms with van der Waals surface area (Å²) in [6.45, 7) is 0. The predicted octanol–water partition coefficient (Wildman–Crippen LogP) is 5.49. The van der Waals surface area contributed by atoms with Crippen LogP contribution in [0.15, 0.2) is 47.1 Å². The highest BCUT2D eigenvalue weighted by molar-refractivity contribution is 9.10. The number of amides is 1. The van der Waals surface area contributed by atoms with Crippen LogP contribution in [0.5, 0.6) is 0 Å². The highest BCUT2D eigenvalue weighted by atomic mass is 79.9. The minimum absolute atomic E-state index is 0.260. The second-order valence-electron chi connectivity index (χ2n) is 4.48. The smallest absolute Gasteiger partial charge is 0.255 e. The monoisotopic (exact) mass is 382 g/mol. The highest BCUT2D eigenvalue weighted by Crippen LogP contribution is 2.34. The van der Waals surface area contributed by atoms with E-state index in [0.717, 1.165) is 15.4 Å². The van der Waals surface area contributed by atoms with Gasteiger partial charge in [0.1, 0.15) is 0 Å². The molecule has 0 unspecified atom stereocenters. The van der Waals surface area contributed by atoms with Gasteiger partial charge in [0.15, 0.2) is 0 Å². The SMILES string of the molecule is O=C(Nc1c(Cl)cc(Br)cc1Cl)c1ccc2[nH]ccc2c1. The van der Waals surface area contributed by atoms with Crippen molar-refractivity contribution in [2.45, 2.75) is 0 Å². The largest absolute Gasteiger partial charge is 0.361 e. The Hall–Kier alpha value is -1.49. The maximum absolute atomic E-state index is 12.3. The summed E-state index contributed by atoms with van der Waals surface area (Å²) in [5.74, 6) is -0.260. The van der Waals surface area contributed by atoms with Gasteiger partial charge < -0.3 is 10.3 Å². The topological polar surface area (TPSA) is 44.9 Å². The van der Waals surface area contributed by atoms with Gasteiger partial charge in [0.05, 0.1) is 15.7 Å². The number of benzene rings is 2. The van der Waals surface area contributed by atoms with Gasteiger partial charge in [0.25, 0.3) is 5.91 Å². The van der Waals surface area contributed by atoms with Crippen LogP contribution < -0.4 is 5.32 Å². The molecule has 0 fully saturated rings. The number of halogens is 3. The molecule has 0 saturated carbocycles. The molecule has 0 aliphatic rings. The molecule has 21 heavy (non-hydrogen) atoms. The van der Waals surface area contributed by atoms with Gasteiger partial charge in [-0.1, -0.05) is 39.1 Å². The number of hydrogen-bond donors (Lipinski definition) is 2. The van der Waals surface area contributed by atoms with E-state index in [4.69, 9.17) is 23.2 Å². The normalized spacial score (nSPS) is 10.8. The molecule has 1 aromatic heterocycles. The van der Waals surface area contributed by atoms with Crippen molar-refractivity contribution in [3.05, 3.63) is 62.7 Å². The van der Waals surface area contributed by atoms with E-state index in [0.29, 0.717) is 21.3 Å². The average Bonchev–Trinajstić information content (AvgIpc) is 2.89. The molecule has 1 heterocycles. The van der Waals surface area contributed by atoms with E-state index in [9.17, 15) is 4.79 Å².